The Morgan fingerprint density at radius 3 is 2.48 bits per heavy atom. The number of aromatic nitrogens is 4. The molecule has 0 spiro atoms. The van der Waals surface area contributed by atoms with Gasteiger partial charge in [-0.3, -0.25) is 9.69 Å². The van der Waals surface area contributed by atoms with Crippen molar-refractivity contribution in [1.82, 2.24) is 29.3 Å². The Balaban J connectivity index is 1.10. The fourth-order valence-corrected chi connectivity index (χ4v) is 8.58. The fraction of sp³-hybridized carbons (Fsp3) is 0.415. The number of carboxylic acid groups (broad SMARTS) is 1. The van der Waals surface area contributed by atoms with Crippen molar-refractivity contribution in [3.8, 4) is 40.4 Å². The summed E-state index contributed by atoms with van der Waals surface area (Å²) in [6.07, 6.45) is -2.75. The van der Waals surface area contributed by atoms with Gasteiger partial charge in [0.25, 0.3) is 0 Å². The van der Waals surface area contributed by atoms with Gasteiger partial charge in [0.05, 0.1) is 29.7 Å². The van der Waals surface area contributed by atoms with Crippen LogP contribution in [0, 0.1) is 17.2 Å². The number of hydrogen-bond acceptors (Lipinski definition) is 13. The van der Waals surface area contributed by atoms with Gasteiger partial charge in [-0.25, -0.2) is 9.97 Å². The Hall–Kier alpha value is -5.74. The van der Waals surface area contributed by atoms with Crippen LogP contribution in [-0.2, 0) is 35.3 Å². The molecular formula is C41H40ClF3N8O7. The van der Waals surface area contributed by atoms with Crippen molar-refractivity contribution in [2.75, 3.05) is 46.9 Å². The maximum atomic E-state index is 14.5. The second-order valence-electron chi connectivity index (χ2n) is 15.0. The molecule has 3 aliphatic rings. The first-order valence-electron chi connectivity index (χ1n) is 19.3. The molecule has 60 heavy (non-hydrogen) atoms. The number of alkyl halides is 3. The predicted octanol–water partition coefficient (Wildman–Crippen LogP) is 5.81. The van der Waals surface area contributed by atoms with E-state index in [1.807, 2.05) is 17.0 Å². The SMILES string of the molecule is CO/N=c1/c2nc(-c3cccc(-c4cccc5c4CC[C@@H]5Oc4nc(OC)c(CN5CC[C@@H](O)C5)nc4C(F)(F)F)c3Cl)oc2c(C#N)cn1CCN1CC[C@@H](C(=O)O)C1. The highest BCUT2D eigenvalue weighted by molar-refractivity contribution is 6.36. The summed E-state index contributed by atoms with van der Waals surface area (Å²) >= 11 is 7.15. The van der Waals surface area contributed by atoms with Crippen LogP contribution in [-0.4, -0.2) is 98.5 Å². The largest absolute Gasteiger partial charge is 0.481 e. The summed E-state index contributed by atoms with van der Waals surface area (Å²) in [5.74, 6) is -1.92. The molecule has 2 aromatic carbocycles. The van der Waals surface area contributed by atoms with Crippen molar-refractivity contribution in [2.45, 2.75) is 57.2 Å². The Bertz CT molecular complexity index is 2570. The molecule has 0 amide bonds. The minimum atomic E-state index is -4.87. The molecular weight excluding hydrogens is 809 g/mol. The van der Waals surface area contributed by atoms with Crippen LogP contribution in [0.5, 0.6) is 11.8 Å². The van der Waals surface area contributed by atoms with Gasteiger partial charge in [-0.1, -0.05) is 47.1 Å². The molecule has 5 heterocycles. The number of hydrogen-bond donors (Lipinski definition) is 2. The summed E-state index contributed by atoms with van der Waals surface area (Å²) in [5.41, 5.74) is 2.94. The lowest BCUT2D eigenvalue weighted by atomic mass is 9.95. The first-order chi connectivity index (χ1) is 28.9. The Labute approximate surface area is 346 Å². The number of fused-ring (bicyclic) bond motifs is 2. The highest BCUT2D eigenvalue weighted by Gasteiger charge is 2.41. The number of carboxylic acids is 1. The molecule has 2 aliphatic heterocycles. The Morgan fingerprint density at radius 2 is 1.78 bits per heavy atom. The zero-order valence-corrected chi connectivity index (χ0v) is 33.3. The van der Waals surface area contributed by atoms with Crippen LogP contribution in [0.4, 0.5) is 13.2 Å². The number of likely N-dealkylation sites (tertiary alicyclic amines) is 2. The lowest BCUT2D eigenvalue weighted by molar-refractivity contribution is -0.144. The second-order valence-corrected chi connectivity index (χ2v) is 15.3. The zero-order valence-electron chi connectivity index (χ0n) is 32.6. The molecule has 2 fully saturated rings. The number of rotatable bonds is 12. The summed E-state index contributed by atoms with van der Waals surface area (Å²) in [7, 11) is 2.70. The number of halogens is 4. The van der Waals surface area contributed by atoms with E-state index < -0.39 is 41.8 Å². The normalized spacial score (nSPS) is 19.8. The number of aliphatic hydroxyl groups is 1. The van der Waals surface area contributed by atoms with Crippen LogP contribution in [0.2, 0.25) is 5.02 Å². The standard InChI is InChI=1S/C41H40ClF3N8O7/c1-57-38-30(21-52-14-12-24(54)20-52)47-35(41(43,44)45)39(49-38)59-31-10-9-26-25(5-3-6-27(26)31)28-7-4-8-29(32(28)42)37-48-33-34(60-37)23(17-46)19-53(36(33)50-58-2)16-15-51-13-11-22(18-51)40(55)56/h3-8,19,22,24,31,54H,9-16,18,20-21H2,1-2H3,(H,55,56)/b50-36-/t22-,24-,31+/m1/s1. The predicted molar refractivity (Wildman–Crippen MR) is 209 cm³/mol. The van der Waals surface area contributed by atoms with E-state index in [4.69, 9.17) is 35.3 Å². The topological polar surface area (TPSA) is 185 Å². The highest BCUT2D eigenvalue weighted by atomic mass is 35.5. The molecule has 0 radical (unpaired) electrons. The van der Waals surface area contributed by atoms with E-state index in [1.54, 1.807) is 39.9 Å². The van der Waals surface area contributed by atoms with Gasteiger partial charge in [0, 0.05) is 51.0 Å². The van der Waals surface area contributed by atoms with Crippen LogP contribution in [0.1, 0.15) is 53.4 Å². The average Bonchev–Trinajstić information content (AvgIpc) is 4.05. The number of methoxy groups -OCH3 is 1. The number of benzene rings is 2. The fourth-order valence-electron chi connectivity index (χ4n) is 8.27. The number of pyridine rings is 1. The number of carbonyl (C=O) groups is 1. The third kappa shape index (κ3) is 7.97. The number of β-amino-alcohol motifs (C(OH)–C–C–N with tert-alkyl or cyclic N) is 1. The maximum absolute atomic E-state index is 14.5. The molecule has 8 rings (SSSR count). The van der Waals surface area contributed by atoms with E-state index in [2.05, 4.69) is 21.2 Å². The van der Waals surface area contributed by atoms with Gasteiger partial charge >= 0.3 is 12.1 Å². The lowest BCUT2D eigenvalue weighted by Gasteiger charge is -2.21. The van der Waals surface area contributed by atoms with E-state index in [0.29, 0.717) is 87.1 Å². The van der Waals surface area contributed by atoms with Crippen LogP contribution < -0.4 is 15.0 Å². The van der Waals surface area contributed by atoms with E-state index in [1.165, 1.54) is 14.2 Å². The molecule has 0 bridgehead atoms. The van der Waals surface area contributed by atoms with E-state index in [0.717, 1.165) is 11.1 Å². The summed E-state index contributed by atoms with van der Waals surface area (Å²) in [6.45, 7) is 2.76. The van der Waals surface area contributed by atoms with Crippen molar-refractivity contribution >= 4 is 28.7 Å². The first-order valence-corrected chi connectivity index (χ1v) is 19.7. The number of aliphatic carboxylic acids is 1. The van der Waals surface area contributed by atoms with Gasteiger partial charge in [-0.05, 0) is 55.0 Å². The molecule has 1 aliphatic carbocycles. The minimum absolute atomic E-state index is 0.00373. The van der Waals surface area contributed by atoms with Crippen molar-refractivity contribution in [3.05, 3.63) is 81.2 Å². The Morgan fingerprint density at radius 1 is 1.02 bits per heavy atom. The average molecular weight is 849 g/mol. The van der Waals surface area contributed by atoms with Crippen LogP contribution in [0.25, 0.3) is 33.7 Å². The van der Waals surface area contributed by atoms with E-state index >= 15 is 0 Å². The smallest absolute Gasteiger partial charge is 0.438 e. The van der Waals surface area contributed by atoms with Crippen LogP contribution in [0.15, 0.2) is 52.2 Å². The van der Waals surface area contributed by atoms with Crippen molar-refractivity contribution in [3.63, 3.8) is 0 Å². The maximum Gasteiger partial charge on any atom is 0.438 e. The molecule has 2 saturated heterocycles. The van der Waals surface area contributed by atoms with Crippen LogP contribution in [0.3, 0.4) is 0 Å². The summed E-state index contributed by atoms with van der Waals surface area (Å²) in [5, 5.41) is 34.0. The number of nitriles is 1. The highest BCUT2D eigenvalue weighted by Crippen LogP contribution is 2.45. The third-order valence-electron chi connectivity index (χ3n) is 11.2. The van der Waals surface area contributed by atoms with Gasteiger partial charge < -0.3 is 38.4 Å². The number of oxazole rings is 1. The minimum Gasteiger partial charge on any atom is -0.481 e. The van der Waals surface area contributed by atoms with E-state index in [9.17, 15) is 33.4 Å². The number of aliphatic hydroxyl groups excluding tert-OH is 1. The van der Waals surface area contributed by atoms with Gasteiger partial charge in [0.15, 0.2) is 11.1 Å². The monoisotopic (exact) mass is 848 g/mol. The lowest BCUT2D eigenvalue weighted by Crippen LogP contribution is -2.31. The molecule has 0 saturated carbocycles. The second kappa shape index (κ2) is 16.7. The van der Waals surface area contributed by atoms with Gasteiger partial charge in [0.2, 0.25) is 28.8 Å². The molecule has 0 unspecified atom stereocenters. The van der Waals surface area contributed by atoms with Crippen LogP contribution >= 0.6 is 11.6 Å². The van der Waals surface area contributed by atoms with Crippen molar-refractivity contribution < 1.29 is 46.9 Å². The van der Waals surface area contributed by atoms with Crippen molar-refractivity contribution in [2.24, 2.45) is 11.1 Å². The first kappa shape index (κ1) is 41.0. The Kier molecular flexibility index (Phi) is 11.4. The molecule has 19 heteroatoms. The molecule has 15 nitrogen and oxygen atoms in total. The summed E-state index contributed by atoms with van der Waals surface area (Å²) in [6, 6.07) is 13.0. The summed E-state index contributed by atoms with van der Waals surface area (Å²) < 4.78 is 62.8. The summed E-state index contributed by atoms with van der Waals surface area (Å²) in [4.78, 5) is 33.4. The molecule has 3 atom stereocenters. The zero-order chi connectivity index (χ0) is 42.3. The van der Waals surface area contributed by atoms with Crippen molar-refractivity contribution in [1.29, 1.82) is 5.26 Å². The number of nitrogens with zero attached hydrogens (tertiary/aromatic N) is 8. The number of ether oxygens (including phenoxy) is 2. The van der Waals surface area contributed by atoms with Gasteiger partial charge in [-0.15, -0.1) is 0 Å². The molecule has 5 aromatic rings. The van der Waals surface area contributed by atoms with E-state index in [-0.39, 0.29) is 45.7 Å². The molecule has 3 aromatic heterocycles. The van der Waals surface area contributed by atoms with Gasteiger partial charge in [0.1, 0.15) is 30.5 Å². The quantitative estimate of drug-likeness (QED) is 0.144. The van der Waals surface area contributed by atoms with Gasteiger partial charge in [-0.2, -0.15) is 23.4 Å². The third-order valence-corrected chi connectivity index (χ3v) is 11.6. The molecule has 2 N–H and O–H groups in total. The molecule has 314 valence electrons.